The van der Waals surface area contributed by atoms with Crippen LogP contribution in [0.5, 0.6) is 11.5 Å². The standard InChI is InChI=1S/C23H30N2O4/c1-5-21(23(27)24-17(2)3)25(15-18-11-13-19(28-4)14-12-18)22(26)16-29-20-9-7-6-8-10-20/h6-14,17,21H,5,15-16H2,1-4H3,(H,24,27)/t21-/m1/s1. The van der Waals surface area contributed by atoms with E-state index in [9.17, 15) is 9.59 Å². The second kappa shape index (κ2) is 11.1. The largest absolute Gasteiger partial charge is 0.497 e. The number of carbonyl (C=O) groups excluding carboxylic acids is 2. The number of amides is 2. The van der Waals surface area contributed by atoms with Gasteiger partial charge in [-0.05, 0) is 50.1 Å². The summed E-state index contributed by atoms with van der Waals surface area (Å²) in [5, 5.41) is 2.91. The second-order valence-electron chi connectivity index (χ2n) is 7.06. The summed E-state index contributed by atoms with van der Waals surface area (Å²) in [5.41, 5.74) is 0.912. The van der Waals surface area contributed by atoms with Crippen molar-refractivity contribution >= 4 is 11.8 Å². The van der Waals surface area contributed by atoms with E-state index in [0.717, 1.165) is 11.3 Å². The third-order valence-electron chi connectivity index (χ3n) is 4.43. The molecule has 1 N–H and O–H groups in total. The number of benzene rings is 2. The van der Waals surface area contributed by atoms with Gasteiger partial charge in [-0.15, -0.1) is 0 Å². The molecule has 2 aromatic rings. The number of para-hydroxylation sites is 1. The van der Waals surface area contributed by atoms with Gasteiger partial charge in [-0.1, -0.05) is 37.3 Å². The molecule has 0 aromatic heterocycles. The lowest BCUT2D eigenvalue weighted by Crippen LogP contribution is -2.51. The Hall–Kier alpha value is -3.02. The number of hydrogen-bond donors (Lipinski definition) is 1. The lowest BCUT2D eigenvalue weighted by atomic mass is 10.1. The van der Waals surface area contributed by atoms with Gasteiger partial charge in [-0.3, -0.25) is 9.59 Å². The number of rotatable bonds is 10. The van der Waals surface area contributed by atoms with Crippen molar-refractivity contribution in [2.75, 3.05) is 13.7 Å². The average Bonchev–Trinajstić information content (AvgIpc) is 2.72. The molecule has 156 valence electrons. The van der Waals surface area contributed by atoms with Gasteiger partial charge in [-0.25, -0.2) is 0 Å². The fraction of sp³-hybridized carbons (Fsp3) is 0.391. The summed E-state index contributed by atoms with van der Waals surface area (Å²) < 4.78 is 10.8. The highest BCUT2D eigenvalue weighted by molar-refractivity contribution is 5.88. The number of methoxy groups -OCH3 is 1. The van der Waals surface area contributed by atoms with Crippen molar-refractivity contribution < 1.29 is 19.1 Å². The quantitative estimate of drug-likeness (QED) is 0.666. The smallest absolute Gasteiger partial charge is 0.261 e. The molecule has 6 nitrogen and oxygen atoms in total. The van der Waals surface area contributed by atoms with Crippen molar-refractivity contribution in [2.45, 2.75) is 45.8 Å². The van der Waals surface area contributed by atoms with Crippen LogP contribution in [-0.2, 0) is 16.1 Å². The first-order chi connectivity index (χ1) is 13.9. The highest BCUT2D eigenvalue weighted by Gasteiger charge is 2.29. The molecule has 0 saturated heterocycles. The molecule has 0 aliphatic carbocycles. The van der Waals surface area contributed by atoms with Crippen LogP contribution in [0, 0.1) is 0 Å². The third-order valence-corrected chi connectivity index (χ3v) is 4.43. The minimum absolute atomic E-state index is 0.00458. The van der Waals surface area contributed by atoms with Gasteiger partial charge in [0.2, 0.25) is 5.91 Å². The summed E-state index contributed by atoms with van der Waals surface area (Å²) >= 11 is 0. The van der Waals surface area contributed by atoms with Crippen LogP contribution in [0.1, 0.15) is 32.8 Å². The molecule has 1 atom stereocenters. The molecule has 2 aromatic carbocycles. The van der Waals surface area contributed by atoms with Crippen molar-refractivity contribution in [3.05, 3.63) is 60.2 Å². The van der Waals surface area contributed by atoms with Gasteiger partial charge in [0.05, 0.1) is 7.11 Å². The normalized spacial score (nSPS) is 11.6. The van der Waals surface area contributed by atoms with Crippen LogP contribution < -0.4 is 14.8 Å². The fourth-order valence-electron chi connectivity index (χ4n) is 2.97. The Balaban J connectivity index is 2.19. The molecule has 0 saturated carbocycles. The third kappa shape index (κ3) is 6.82. The van der Waals surface area contributed by atoms with E-state index in [-0.39, 0.29) is 24.5 Å². The summed E-state index contributed by atoms with van der Waals surface area (Å²) in [6.07, 6.45) is 0.506. The van der Waals surface area contributed by atoms with Crippen LogP contribution >= 0.6 is 0 Å². The number of ether oxygens (including phenoxy) is 2. The first kappa shape index (κ1) is 22.3. The molecule has 0 aliphatic rings. The Morgan fingerprint density at radius 2 is 1.66 bits per heavy atom. The van der Waals surface area contributed by atoms with E-state index in [1.807, 2.05) is 63.2 Å². The maximum atomic E-state index is 13.0. The molecule has 0 heterocycles. The molecule has 2 rings (SSSR count). The van der Waals surface area contributed by atoms with Gasteiger partial charge < -0.3 is 19.7 Å². The number of hydrogen-bond acceptors (Lipinski definition) is 4. The highest BCUT2D eigenvalue weighted by atomic mass is 16.5. The molecule has 0 unspecified atom stereocenters. The van der Waals surface area contributed by atoms with E-state index in [2.05, 4.69) is 5.32 Å². The Morgan fingerprint density at radius 3 is 2.21 bits per heavy atom. The van der Waals surface area contributed by atoms with Crippen LogP contribution in [0.25, 0.3) is 0 Å². The zero-order valence-corrected chi connectivity index (χ0v) is 17.6. The maximum absolute atomic E-state index is 13.0. The summed E-state index contributed by atoms with van der Waals surface area (Å²) in [6.45, 7) is 5.88. The molecule has 2 amide bonds. The second-order valence-corrected chi connectivity index (χ2v) is 7.06. The van der Waals surface area contributed by atoms with E-state index < -0.39 is 6.04 Å². The first-order valence-electron chi connectivity index (χ1n) is 9.85. The fourth-order valence-corrected chi connectivity index (χ4v) is 2.97. The Labute approximate surface area is 172 Å². The van der Waals surface area contributed by atoms with Crippen molar-refractivity contribution in [3.8, 4) is 11.5 Å². The molecule has 6 heteroatoms. The van der Waals surface area contributed by atoms with Crippen molar-refractivity contribution in [1.29, 1.82) is 0 Å². The van der Waals surface area contributed by atoms with Crippen molar-refractivity contribution in [3.63, 3.8) is 0 Å². The van der Waals surface area contributed by atoms with Gasteiger partial charge in [-0.2, -0.15) is 0 Å². The topological polar surface area (TPSA) is 67.9 Å². The van der Waals surface area contributed by atoms with E-state index >= 15 is 0 Å². The summed E-state index contributed by atoms with van der Waals surface area (Å²) in [4.78, 5) is 27.3. The van der Waals surface area contributed by atoms with Crippen LogP contribution in [0.3, 0.4) is 0 Å². The Kier molecular flexibility index (Phi) is 8.52. The Morgan fingerprint density at radius 1 is 1.00 bits per heavy atom. The number of nitrogens with zero attached hydrogens (tertiary/aromatic N) is 1. The van der Waals surface area contributed by atoms with Gasteiger partial charge in [0.25, 0.3) is 5.91 Å². The van der Waals surface area contributed by atoms with Gasteiger partial charge in [0.15, 0.2) is 6.61 Å². The number of carbonyl (C=O) groups is 2. The van der Waals surface area contributed by atoms with E-state index in [0.29, 0.717) is 18.7 Å². The highest BCUT2D eigenvalue weighted by Crippen LogP contribution is 2.17. The lowest BCUT2D eigenvalue weighted by Gasteiger charge is -2.31. The summed E-state index contributed by atoms with van der Waals surface area (Å²) in [5.74, 6) is 0.952. The van der Waals surface area contributed by atoms with Crippen LogP contribution in [0.15, 0.2) is 54.6 Å². The van der Waals surface area contributed by atoms with E-state index in [1.165, 1.54) is 0 Å². The molecule has 0 aliphatic heterocycles. The van der Waals surface area contributed by atoms with Crippen LogP contribution in [-0.4, -0.2) is 42.5 Å². The molecular formula is C23H30N2O4. The molecule has 0 radical (unpaired) electrons. The molecule has 0 bridgehead atoms. The minimum atomic E-state index is -0.577. The van der Waals surface area contributed by atoms with E-state index in [1.54, 1.807) is 24.1 Å². The van der Waals surface area contributed by atoms with Crippen molar-refractivity contribution in [2.24, 2.45) is 0 Å². The Bertz CT molecular complexity index is 775. The monoisotopic (exact) mass is 398 g/mol. The zero-order valence-electron chi connectivity index (χ0n) is 17.6. The van der Waals surface area contributed by atoms with Crippen LogP contribution in [0.4, 0.5) is 0 Å². The zero-order chi connectivity index (χ0) is 21.2. The summed E-state index contributed by atoms with van der Waals surface area (Å²) in [6, 6.07) is 16.1. The maximum Gasteiger partial charge on any atom is 0.261 e. The van der Waals surface area contributed by atoms with Gasteiger partial charge >= 0.3 is 0 Å². The SMILES string of the molecule is CC[C@H](C(=O)NC(C)C)N(Cc1ccc(OC)cc1)C(=O)COc1ccccc1. The van der Waals surface area contributed by atoms with Gasteiger partial charge in [0.1, 0.15) is 17.5 Å². The molecule has 29 heavy (non-hydrogen) atoms. The predicted octanol–water partition coefficient (Wildman–Crippen LogP) is 3.41. The average molecular weight is 399 g/mol. The van der Waals surface area contributed by atoms with Crippen molar-refractivity contribution in [1.82, 2.24) is 10.2 Å². The van der Waals surface area contributed by atoms with Gasteiger partial charge in [0, 0.05) is 12.6 Å². The summed E-state index contributed by atoms with van der Waals surface area (Å²) in [7, 11) is 1.61. The number of nitrogens with one attached hydrogen (secondary N) is 1. The predicted molar refractivity (Wildman–Crippen MR) is 113 cm³/mol. The molecule has 0 fully saturated rings. The minimum Gasteiger partial charge on any atom is -0.497 e. The van der Waals surface area contributed by atoms with Crippen LogP contribution in [0.2, 0.25) is 0 Å². The lowest BCUT2D eigenvalue weighted by molar-refractivity contribution is -0.143. The molecule has 0 spiro atoms. The first-order valence-corrected chi connectivity index (χ1v) is 9.85. The van der Waals surface area contributed by atoms with E-state index in [4.69, 9.17) is 9.47 Å². The molecular weight excluding hydrogens is 368 g/mol.